The first-order chi connectivity index (χ1) is 9.57. The third-order valence-corrected chi connectivity index (χ3v) is 6.38. The normalized spacial score (nSPS) is 21.8. The van der Waals surface area contributed by atoms with Crippen LogP contribution >= 0.6 is 0 Å². The molecule has 0 aromatic carbocycles. The van der Waals surface area contributed by atoms with Crippen LogP contribution in [0, 0.1) is 6.92 Å². The molecule has 0 N–H and O–H groups in total. The van der Waals surface area contributed by atoms with Gasteiger partial charge in [0.1, 0.15) is 5.82 Å². The van der Waals surface area contributed by atoms with Crippen molar-refractivity contribution >= 4 is 15.8 Å². The Kier molecular flexibility index (Phi) is 3.69. The predicted molar refractivity (Wildman–Crippen MR) is 79.3 cm³/mol. The minimum absolute atomic E-state index is 0.105. The van der Waals surface area contributed by atoms with Crippen LogP contribution in [0.15, 0.2) is 18.3 Å². The van der Waals surface area contributed by atoms with Gasteiger partial charge in [-0.25, -0.2) is 13.4 Å². The largest absolute Gasteiger partial charge is 0.355 e. The molecule has 0 spiro atoms. The van der Waals surface area contributed by atoms with Gasteiger partial charge in [0.05, 0.1) is 5.25 Å². The van der Waals surface area contributed by atoms with Crippen molar-refractivity contribution in [1.82, 2.24) is 9.29 Å². The zero-order chi connectivity index (χ0) is 14.2. The van der Waals surface area contributed by atoms with E-state index in [0.717, 1.165) is 38.2 Å². The summed E-state index contributed by atoms with van der Waals surface area (Å²) in [6.45, 7) is 4.86. The molecular weight excluding hydrogens is 274 g/mol. The second-order valence-corrected chi connectivity index (χ2v) is 7.89. The van der Waals surface area contributed by atoms with Crippen LogP contribution in [0.5, 0.6) is 0 Å². The Morgan fingerprint density at radius 2 is 2.00 bits per heavy atom. The SMILES string of the molecule is Cc1ccnc(N2CCCN(S(=O)(=O)C3CC3)CC2)c1. The summed E-state index contributed by atoms with van der Waals surface area (Å²) in [6.07, 6.45) is 4.35. The van der Waals surface area contributed by atoms with Gasteiger partial charge in [0.2, 0.25) is 10.0 Å². The molecule has 110 valence electrons. The molecular formula is C14H21N3O2S. The monoisotopic (exact) mass is 295 g/mol. The summed E-state index contributed by atoms with van der Waals surface area (Å²) in [5.74, 6) is 0.954. The Balaban J connectivity index is 1.71. The maximum absolute atomic E-state index is 12.3. The lowest BCUT2D eigenvalue weighted by molar-refractivity contribution is 0.432. The molecule has 0 amide bonds. The fourth-order valence-electron chi connectivity index (χ4n) is 2.65. The number of aryl methyl sites for hydroxylation is 1. The van der Waals surface area contributed by atoms with Crippen molar-refractivity contribution < 1.29 is 8.42 Å². The fraction of sp³-hybridized carbons (Fsp3) is 0.643. The summed E-state index contributed by atoms with van der Waals surface area (Å²) in [5.41, 5.74) is 1.18. The van der Waals surface area contributed by atoms with E-state index in [-0.39, 0.29) is 5.25 Å². The van der Waals surface area contributed by atoms with Gasteiger partial charge < -0.3 is 4.90 Å². The second kappa shape index (κ2) is 5.33. The molecule has 1 aliphatic heterocycles. The first-order valence-electron chi connectivity index (χ1n) is 7.24. The van der Waals surface area contributed by atoms with Crippen LogP contribution in [0.4, 0.5) is 5.82 Å². The number of nitrogens with zero attached hydrogens (tertiary/aromatic N) is 3. The topological polar surface area (TPSA) is 53.5 Å². The van der Waals surface area contributed by atoms with Crippen molar-refractivity contribution in [3.8, 4) is 0 Å². The van der Waals surface area contributed by atoms with Gasteiger partial charge in [0, 0.05) is 32.4 Å². The third-order valence-electron chi connectivity index (χ3n) is 3.99. The molecule has 0 bridgehead atoms. The van der Waals surface area contributed by atoms with E-state index in [2.05, 4.69) is 16.0 Å². The first-order valence-corrected chi connectivity index (χ1v) is 8.74. The van der Waals surface area contributed by atoms with E-state index in [0.29, 0.717) is 13.1 Å². The van der Waals surface area contributed by atoms with E-state index in [4.69, 9.17) is 0 Å². The van der Waals surface area contributed by atoms with Gasteiger partial charge in [-0.2, -0.15) is 4.31 Å². The lowest BCUT2D eigenvalue weighted by Crippen LogP contribution is -2.37. The summed E-state index contributed by atoms with van der Waals surface area (Å²) < 4.78 is 26.3. The Bertz CT molecular complexity index is 584. The van der Waals surface area contributed by atoms with Crippen molar-refractivity contribution in [2.24, 2.45) is 0 Å². The number of hydrogen-bond acceptors (Lipinski definition) is 4. The molecule has 1 aromatic rings. The van der Waals surface area contributed by atoms with Crippen molar-refractivity contribution in [2.45, 2.75) is 31.4 Å². The molecule has 1 aliphatic carbocycles. The van der Waals surface area contributed by atoms with Crippen LogP contribution in [0.1, 0.15) is 24.8 Å². The molecule has 2 heterocycles. The van der Waals surface area contributed by atoms with Crippen LogP contribution in [0.3, 0.4) is 0 Å². The standard InChI is InChI=1S/C14H21N3O2S/c1-12-5-6-15-14(11-12)16-7-2-8-17(10-9-16)20(18,19)13-3-4-13/h5-6,11,13H,2-4,7-10H2,1H3. The van der Waals surface area contributed by atoms with E-state index < -0.39 is 10.0 Å². The molecule has 0 atom stereocenters. The van der Waals surface area contributed by atoms with Gasteiger partial charge in [0.15, 0.2) is 0 Å². The zero-order valence-corrected chi connectivity index (χ0v) is 12.6. The highest BCUT2D eigenvalue weighted by Crippen LogP contribution is 2.31. The summed E-state index contributed by atoms with van der Waals surface area (Å²) in [4.78, 5) is 6.59. The molecule has 0 unspecified atom stereocenters. The van der Waals surface area contributed by atoms with Gasteiger partial charge in [-0.3, -0.25) is 0 Å². The quantitative estimate of drug-likeness (QED) is 0.846. The Morgan fingerprint density at radius 3 is 2.70 bits per heavy atom. The average molecular weight is 295 g/mol. The molecule has 6 heteroatoms. The number of rotatable bonds is 3. The van der Waals surface area contributed by atoms with Crippen LogP contribution < -0.4 is 4.90 Å². The highest BCUT2D eigenvalue weighted by molar-refractivity contribution is 7.90. The zero-order valence-electron chi connectivity index (χ0n) is 11.8. The van der Waals surface area contributed by atoms with Gasteiger partial charge in [0.25, 0.3) is 0 Å². The molecule has 5 nitrogen and oxygen atoms in total. The van der Waals surface area contributed by atoms with E-state index in [1.54, 1.807) is 4.31 Å². The number of pyridine rings is 1. The molecule has 1 saturated carbocycles. The van der Waals surface area contributed by atoms with Gasteiger partial charge in [-0.1, -0.05) is 0 Å². The van der Waals surface area contributed by atoms with Crippen LogP contribution in [0.2, 0.25) is 0 Å². The van der Waals surface area contributed by atoms with Crippen LogP contribution in [-0.4, -0.2) is 49.1 Å². The molecule has 20 heavy (non-hydrogen) atoms. The summed E-state index contributed by atoms with van der Waals surface area (Å²) >= 11 is 0. The molecule has 2 aliphatic rings. The fourth-order valence-corrected chi connectivity index (χ4v) is 4.52. The number of hydrogen-bond donors (Lipinski definition) is 0. The van der Waals surface area contributed by atoms with Crippen molar-refractivity contribution in [3.63, 3.8) is 0 Å². The van der Waals surface area contributed by atoms with Gasteiger partial charge >= 0.3 is 0 Å². The average Bonchev–Trinajstić information content (AvgIpc) is 3.25. The summed E-state index contributed by atoms with van der Waals surface area (Å²) in [5, 5.41) is -0.105. The van der Waals surface area contributed by atoms with Crippen molar-refractivity contribution in [2.75, 3.05) is 31.1 Å². The van der Waals surface area contributed by atoms with E-state index in [1.807, 2.05) is 19.2 Å². The second-order valence-electron chi connectivity index (χ2n) is 5.68. The molecule has 1 saturated heterocycles. The van der Waals surface area contributed by atoms with Gasteiger partial charge in [-0.05, 0) is 43.9 Å². The molecule has 2 fully saturated rings. The highest BCUT2D eigenvalue weighted by Gasteiger charge is 2.40. The number of anilines is 1. The maximum atomic E-state index is 12.3. The Hall–Kier alpha value is -1.14. The Labute approximate surface area is 120 Å². The van der Waals surface area contributed by atoms with Gasteiger partial charge in [-0.15, -0.1) is 0 Å². The third kappa shape index (κ3) is 2.81. The Morgan fingerprint density at radius 1 is 1.20 bits per heavy atom. The lowest BCUT2D eigenvalue weighted by atomic mass is 10.3. The van der Waals surface area contributed by atoms with Crippen LogP contribution in [-0.2, 0) is 10.0 Å². The number of aromatic nitrogens is 1. The van der Waals surface area contributed by atoms with Crippen molar-refractivity contribution in [3.05, 3.63) is 23.9 Å². The first kappa shape index (κ1) is 13.8. The van der Waals surface area contributed by atoms with E-state index >= 15 is 0 Å². The van der Waals surface area contributed by atoms with Crippen molar-refractivity contribution in [1.29, 1.82) is 0 Å². The molecule has 0 radical (unpaired) electrons. The summed E-state index contributed by atoms with van der Waals surface area (Å²) in [6, 6.07) is 4.04. The predicted octanol–water partition coefficient (Wildman–Crippen LogP) is 1.39. The molecule has 1 aromatic heterocycles. The maximum Gasteiger partial charge on any atom is 0.217 e. The van der Waals surface area contributed by atoms with Crippen LogP contribution in [0.25, 0.3) is 0 Å². The molecule has 3 rings (SSSR count). The number of sulfonamides is 1. The van der Waals surface area contributed by atoms with E-state index in [1.165, 1.54) is 5.56 Å². The summed E-state index contributed by atoms with van der Waals surface area (Å²) in [7, 11) is -3.04. The minimum atomic E-state index is -3.04. The highest BCUT2D eigenvalue weighted by atomic mass is 32.2. The lowest BCUT2D eigenvalue weighted by Gasteiger charge is -2.22. The van der Waals surface area contributed by atoms with E-state index in [9.17, 15) is 8.42 Å². The minimum Gasteiger partial charge on any atom is -0.355 e. The smallest absolute Gasteiger partial charge is 0.217 e.